The Bertz CT molecular complexity index is 688. The molecule has 2 heterocycles. The van der Waals surface area contributed by atoms with Crippen molar-refractivity contribution in [1.82, 2.24) is 19.5 Å². The molecule has 0 spiro atoms. The summed E-state index contributed by atoms with van der Waals surface area (Å²) in [5.41, 5.74) is 8.48. The number of benzene rings is 1. The van der Waals surface area contributed by atoms with Crippen LogP contribution in [-0.2, 0) is 7.05 Å². The molecule has 0 radical (unpaired) electrons. The molecule has 6 nitrogen and oxygen atoms in total. The van der Waals surface area contributed by atoms with Gasteiger partial charge < -0.3 is 15.6 Å². The Kier molecular flexibility index (Phi) is 2.33. The molecule has 2 aromatic heterocycles. The summed E-state index contributed by atoms with van der Waals surface area (Å²) in [7, 11) is 1.89. The molecule has 0 aliphatic carbocycles. The first-order chi connectivity index (χ1) is 8.74. The lowest BCUT2D eigenvalue weighted by atomic mass is 10.3. The number of aromatic nitrogens is 4. The van der Waals surface area contributed by atoms with Gasteiger partial charge in [0, 0.05) is 25.1 Å². The Morgan fingerprint density at radius 1 is 1.22 bits per heavy atom. The van der Waals surface area contributed by atoms with Crippen molar-refractivity contribution >= 4 is 28.6 Å². The van der Waals surface area contributed by atoms with Crippen LogP contribution in [0.5, 0.6) is 0 Å². The smallest absolute Gasteiger partial charge is 0.227 e. The largest absolute Gasteiger partial charge is 0.369 e. The van der Waals surface area contributed by atoms with Crippen LogP contribution in [0.15, 0.2) is 36.7 Å². The topological polar surface area (TPSA) is 81.7 Å². The molecule has 0 aliphatic heterocycles. The number of nitrogens with zero attached hydrogens (tertiary/aromatic N) is 4. The number of nitrogen functional groups attached to an aromatic ring is 1. The van der Waals surface area contributed by atoms with Gasteiger partial charge in [0.05, 0.1) is 11.0 Å². The van der Waals surface area contributed by atoms with Gasteiger partial charge in [0.2, 0.25) is 11.9 Å². The van der Waals surface area contributed by atoms with E-state index in [4.69, 9.17) is 5.73 Å². The lowest BCUT2D eigenvalue weighted by Crippen LogP contribution is -1.96. The summed E-state index contributed by atoms with van der Waals surface area (Å²) in [6, 6.07) is 7.60. The number of imidazole rings is 1. The van der Waals surface area contributed by atoms with Crippen LogP contribution < -0.4 is 11.1 Å². The maximum absolute atomic E-state index is 5.76. The van der Waals surface area contributed by atoms with Crippen LogP contribution in [0.25, 0.3) is 11.0 Å². The Morgan fingerprint density at radius 2 is 2.00 bits per heavy atom. The van der Waals surface area contributed by atoms with E-state index in [2.05, 4.69) is 20.3 Å². The number of fused-ring (bicyclic) bond motifs is 1. The molecule has 3 N–H and O–H groups in total. The SMILES string of the molecule is Cn1c(N)nc2cc(Nc3ncccn3)ccc21. The average molecular weight is 240 g/mol. The van der Waals surface area contributed by atoms with E-state index in [-0.39, 0.29) is 0 Å². The van der Waals surface area contributed by atoms with Crippen LogP contribution in [0, 0.1) is 0 Å². The van der Waals surface area contributed by atoms with E-state index in [9.17, 15) is 0 Å². The van der Waals surface area contributed by atoms with Crippen LogP contribution in [0.3, 0.4) is 0 Å². The van der Waals surface area contributed by atoms with Crippen LogP contribution >= 0.6 is 0 Å². The van der Waals surface area contributed by atoms with Crippen molar-refractivity contribution in [2.24, 2.45) is 7.05 Å². The number of anilines is 3. The highest BCUT2D eigenvalue weighted by Gasteiger charge is 2.05. The van der Waals surface area contributed by atoms with Gasteiger partial charge >= 0.3 is 0 Å². The van der Waals surface area contributed by atoms with E-state index < -0.39 is 0 Å². The molecule has 1 aromatic carbocycles. The molecule has 0 atom stereocenters. The molecule has 3 rings (SSSR count). The van der Waals surface area contributed by atoms with E-state index in [0.29, 0.717) is 11.9 Å². The minimum Gasteiger partial charge on any atom is -0.369 e. The van der Waals surface area contributed by atoms with Crippen molar-refractivity contribution in [3.8, 4) is 0 Å². The fourth-order valence-corrected chi connectivity index (χ4v) is 1.79. The van der Waals surface area contributed by atoms with Crippen LogP contribution in [0.4, 0.5) is 17.6 Å². The maximum Gasteiger partial charge on any atom is 0.227 e. The summed E-state index contributed by atoms with van der Waals surface area (Å²) in [4.78, 5) is 12.5. The third-order valence-corrected chi connectivity index (χ3v) is 2.74. The van der Waals surface area contributed by atoms with E-state index in [0.717, 1.165) is 16.7 Å². The lowest BCUT2D eigenvalue weighted by molar-refractivity contribution is 0.965. The van der Waals surface area contributed by atoms with Gasteiger partial charge in [-0.15, -0.1) is 0 Å². The van der Waals surface area contributed by atoms with E-state index in [1.54, 1.807) is 18.5 Å². The number of rotatable bonds is 2. The van der Waals surface area contributed by atoms with Crippen molar-refractivity contribution < 1.29 is 0 Å². The first-order valence-electron chi connectivity index (χ1n) is 5.50. The first kappa shape index (κ1) is 10.5. The monoisotopic (exact) mass is 240 g/mol. The molecule has 0 saturated carbocycles. The summed E-state index contributed by atoms with van der Waals surface area (Å²) in [6.07, 6.45) is 3.37. The molecule has 6 heteroatoms. The van der Waals surface area contributed by atoms with Gasteiger partial charge in [0.1, 0.15) is 0 Å². The average Bonchev–Trinajstić information content (AvgIpc) is 2.66. The zero-order valence-electron chi connectivity index (χ0n) is 9.83. The Balaban J connectivity index is 1.99. The Labute approximate surface area is 104 Å². The maximum atomic E-state index is 5.76. The fourth-order valence-electron chi connectivity index (χ4n) is 1.79. The van der Waals surface area contributed by atoms with Gasteiger partial charge in [0.15, 0.2) is 0 Å². The molecule has 0 fully saturated rings. The minimum atomic E-state index is 0.498. The highest BCUT2D eigenvalue weighted by molar-refractivity contribution is 5.82. The molecule has 0 bridgehead atoms. The van der Waals surface area contributed by atoms with Gasteiger partial charge in [-0.25, -0.2) is 15.0 Å². The fraction of sp³-hybridized carbons (Fsp3) is 0.0833. The molecule has 0 amide bonds. The summed E-state index contributed by atoms with van der Waals surface area (Å²) >= 11 is 0. The summed E-state index contributed by atoms with van der Waals surface area (Å²) < 4.78 is 1.85. The van der Waals surface area contributed by atoms with Gasteiger partial charge in [-0.3, -0.25) is 0 Å². The first-order valence-corrected chi connectivity index (χ1v) is 5.50. The lowest BCUT2D eigenvalue weighted by Gasteiger charge is -2.03. The van der Waals surface area contributed by atoms with Gasteiger partial charge in [-0.1, -0.05) is 0 Å². The van der Waals surface area contributed by atoms with Crippen molar-refractivity contribution in [3.05, 3.63) is 36.7 Å². The van der Waals surface area contributed by atoms with Crippen LogP contribution in [0.1, 0.15) is 0 Å². The predicted octanol–water partition coefficient (Wildman–Crippen LogP) is 1.69. The Hall–Kier alpha value is -2.63. The molecule has 18 heavy (non-hydrogen) atoms. The van der Waals surface area contributed by atoms with E-state index in [1.165, 1.54) is 0 Å². The normalized spacial score (nSPS) is 10.7. The van der Waals surface area contributed by atoms with E-state index >= 15 is 0 Å². The minimum absolute atomic E-state index is 0.498. The van der Waals surface area contributed by atoms with Crippen molar-refractivity contribution in [2.75, 3.05) is 11.1 Å². The molecule has 3 aromatic rings. The molecular weight excluding hydrogens is 228 g/mol. The number of nitrogens with two attached hydrogens (primary N) is 1. The summed E-state index contributed by atoms with van der Waals surface area (Å²) in [5, 5.41) is 3.11. The molecular formula is C12H12N6. The van der Waals surface area contributed by atoms with Gasteiger partial charge in [-0.05, 0) is 24.3 Å². The highest BCUT2D eigenvalue weighted by atomic mass is 15.1. The predicted molar refractivity (Wildman–Crippen MR) is 70.4 cm³/mol. The van der Waals surface area contributed by atoms with E-state index in [1.807, 2.05) is 29.8 Å². The zero-order chi connectivity index (χ0) is 12.5. The molecule has 0 aliphatic rings. The third-order valence-electron chi connectivity index (χ3n) is 2.74. The second kappa shape index (κ2) is 3.99. The van der Waals surface area contributed by atoms with Gasteiger partial charge in [-0.2, -0.15) is 0 Å². The molecule has 0 saturated heterocycles. The molecule has 0 unspecified atom stereocenters. The standard InChI is InChI=1S/C12H12N6/c1-18-10-4-3-8(7-9(10)17-11(18)13)16-12-14-5-2-6-15-12/h2-7H,1H3,(H2,13,17)(H,14,15,16). The quantitative estimate of drug-likeness (QED) is 0.712. The Morgan fingerprint density at radius 3 is 2.78 bits per heavy atom. The number of hydrogen-bond donors (Lipinski definition) is 2. The number of hydrogen-bond acceptors (Lipinski definition) is 5. The van der Waals surface area contributed by atoms with Crippen LogP contribution in [-0.4, -0.2) is 19.5 Å². The zero-order valence-corrected chi connectivity index (χ0v) is 9.83. The van der Waals surface area contributed by atoms with Gasteiger partial charge in [0.25, 0.3) is 0 Å². The van der Waals surface area contributed by atoms with Crippen molar-refractivity contribution in [2.45, 2.75) is 0 Å². The number of nitrogens with one attached hydrogen (secondary N) is 1. The second-order valence-electron chi connectivity index (χ2n) is 3.93. The molecule has 90 valence electrons. The summed E-state index contributed by atoms with van der Waals surface area (Å²) in [6.45, 7) is 0. The second-order valence-corrected chi connectivity index (χ2v) is 3.93. The van der Waals surface area contributed by atoms with Crippen molar-refractivity contribution in [3.63, 3.8) is 0 Å². The highest BCUT2D eigenvalue weighted by Crippen LogP contribution is 2.21. The van der Waals surface area contributed by atoms with Crippen LogP contribution in [0.2, 0.25) is 0 Å². The number of aryl methyl sites for hydroxylation is 1. The summed E-state index contributed by atoms with van der Waals surface area (Å²) in [5.74, 6) is 1.05. The van der Waals surface area contributed by atoms with Crippen molar-refractivity contribution in [1.29, 1.82) is 0 Å². The third kappa shape index (κ3) is 1.73.